The van der Waals surface area contributed by atoms with Crippen LogP contribution in [0, 0.1) is 0 Å². The van der Waals surface area contributed by atoms with Gasteiger partial charge in [-0.1, -0.05) is 10.4 Å². The molecule has 0 saturated carbocycles. The van der Waals surface area contributed by atoms with Crippen LogP contribution in [0.3, 0.4) is 0 Å². The summed E-state index contributed by atoms with van der Waals surface area (Å²) in [6.07, 6.45) is 0. The second kappa shape index (κ2) is 1.02. The highest BCUT2D eigenvalue weighted by atomic mass is 28.2. The van der Waals surface area contributed by atoms with Crippen molar-refractivity contribution >= 4 is 9.84 Å². The van der Waals surface area contributed by atoms with E-state index in [-0.39, 0.29) is 9.84 Å². The van der Waals surface area contributed by atoms with Crippen molar-refractivity contribution in [2.24, 2.45) is 10.4 Å². The Kier molecular flexibility index (Phi) is 0.541. The average Bonchev–Trinajstić information content (AvgIpc) is 1.76. The lowest BCUT2D eigenvalue weighted by atomic mass is 12.6. The largest absolute Gasteiger partial charge is 0.301 e. The van der Waals surface area contributed by atoms with Crippen molar-refractivity contribution < 1.29 is 0 Å². The number of nitrogens with zero attached hydrogens (tertiary/aromatic N) is 2. The molecule has 5 heavy (non-hydrogen) atoms. The second-order valence-electron chi connectivity index (χ2n) is 0.693. The zero-order chi connectivity index (χ0) is 3.54. The fourth-order valence-electron chi connectivity index (χ4n) is 0.177. The maximum Gasteiger partial charge on any atom is 0.264 e. The molecule has 0 aromatic heterocycles. The maximum absolute atomic E-state index is 3.41. The molecule has 1 aliphatic rings. The van der Waals surface area contributed by atoms with Crippen LogP contribution in [0.1, 0.15) is 0 Å². The summed E-state index contributed by atoms with van der Waals surface area (Å²) in [7, 11) is -0.290. The van der Waals surface area contributed by atoms with Gasteiger partial charge in [0.15, 0.2) is 0 Å². The van der Waals surface area contributed by atoms with Gasteiger partial charge in [-0.15, -0.1) is 0 Å². The fourth-order valence-corrected chi connectivity index (χ4v) is 0.530. The van der Waals surface area contributed by atoms with Gasteiger partial charge in [0.05, 0.1) is 0 Å². The van der Waals surface area contributed by atoms with Crippen LogP contribution in [0.5, 0.6) is 0 Å². The molecule has 0 saturated heterocycles. The third-order valence-corrected chi connectivity index (χ3v) is 0.949. The topological polar surface area (TPSA) is 48.8 Å². The highest BCUT2D eigenvalue weighted by Gasteiger charge is 1.83. The molecule has 0 atom stereocenters. The monoisotopic (exact) mass is 88.0 g/mol. The van der Waals surface area contributed by atoms with Gasteiger partial charge in [-0.3, -0.25) is 0 Å². The van der Waals surface area contributed by atoms with Gasteiger partial charge in [0.25, 0.3) is 9.84 Å². The van der Waals surface area contributed by atoms with Gasteiger partial charge in [0.1, 0.15) is 0 Å². The molecule has 0 spiro atoms. The Morgan fingerprint density at radius 3 is 2.00 bits per heavy atom. The van der Waals surface area contributed by atoms with Crippen LogP contribution < -0.4 is 10.2 Å². The van der Waals surface area contributed by atoms with Crippen molar-refractivity contribution in [3.05, 3.63) is 0 Å². The van der Waals surface area contributed by atoms with Crippen molar-refractivity contribution in [2.75, 3.05) is 0 Å². The lowest BCUT2D eigenvalue weighted by molar-refractivity contribution is 0.922. The lowest BCUT2D eigenvalue weighted by Gasteiger charge is -1.73. The molecule has 0 aromatic carbocycles. The third-order valence-electron chi connectivity index (χ3n) is 0.350. The number of hydrogen-bond donors (Lipinski definition) is 2. The maximum atomic E-state index is 3.41. The second-order valence-corrected chi connectivity index (χ2v) is 1.68. The van der Waals surface area contributed by atoms with Crippen LogP contribution in [0.15, 0.2) is 10.4 Å². The summed E-state index contributed by atoms with van der Waals surface area (Å²) in [6.45, 7) is 0. The Morgan fingerprint density at radius 1 is 1.20 bits per heavy atom. The first-order valence-corrected chi connectivity index (χ1v) is 2.77. The van der Waals surface area contributed by atoms with Crippen molar-refractivity contribution in [1.82, 2.24) is 10.2 Å². The van der Waals surface area contributed by atoms with E-state index in [1.165, 1.54) is 0 Å². The predicted molar refractivity (Wildman–Crippen MR) is 19.7 cm³/mol. The highest BCUT2D eigenvalue weighted by molar-refractivity contribution is 6.28. The predicted octanol–water partition coefficient (Wildman–Crippen LogP) is -1.54. The molecule has 5 heteroatoms. The van der Waals surface area contributed by atoms with Gasteiger partial charge >= 0.3 is 0 Å². The van der Waals surface area contributed by atoms with E-state index in [0.717, 1.165) is 0 Å². The smallest absolute Gasteiger partial charge is 0.264 e. The van der Waals surface area contributed by atoms with Crippen LogP contribution in [-0.2, 0) is 0 Å². The van der Waals surface area contributed by atoms with Crippen molar-refractivity contribution in [1.29, 1.82) is 0 Å². The van der Waals surface area contributed by atoms with Gasteiger partial charge in [-0.05, 0) is 0 Å². The molecule has 28 valence electrons. The molecule has 0 fully saturated rings. The van der Waals surface area contributed by atoms with E-state index >= 15 is 0 Å². The summed E-state index contributed by atoms with van der Waals surface area (Å²) < 4.78 is 0. The van der Waals surface area contributed by atoms with E-state index in [9.17, 15) is 0 Å². The molecular weight excluding hydrogens is 84.1 g/mol. The van der Waals surface area contributed by atoms with E-state index in [4.69, 9.17) is 0 Å². The molecule has 1 rings (SSSR count). The zero-order valence-electron chi connectivity index (χ0n) is 2.60. The Balaban J connectivity index is 2.32. The summed E-state index contributed by atoms with van der Waals surface area (Å²) in [5.41, 5.74) is 0. The summed E-state index contributed by atoms with van der Waals surface area (Å²) in [5.74, 6) is 0. The fraction of sp³-hybridized carbons (Fsp3) is 0. The zero-order valence-corrected chi connectivity index (χ0v) is 4.02. The molecule has 2 N–H and O–H groups in total. The quantitative estimate of drug-likeness (QED) is 0.353. The van der Waals surface area contributed by atoms with E-state index in [1.807, 2.05) is 0 Å². The molecule has 0 bridgehead atoms. The molecule has 0 aromatic rings. The summed E-state index contributed by atoms with van der Waals surface area (Å²) in [5, 5.41) is 12.2. The molecule has 1 heterocycles. The molecular formula is H4N4Si. The van der Waals surface area contributed by atoms with Crippen LogP contribution in [0.25, 0.3) is 0 Å². The van der Waals surface area contributed by atoms with Gasteiger partial charge in [0, 0.05) is 0 Å². The minimum Gasteiger partial charge on any atom is -0.301 e. The normalized spacial score (nSPS) is 17.6. The first kappa shape index (κ1) is 2.64. The van der Waals surface area contributed by atoms with Crippen molar-refractivity contribution in [2.45, 2.75) is 0 Å². The van der Waals surface area contributed by atoms with Crippen molar-refractivity contribution in [3.8, 4) is 0 Å². The minimum absolute atomic E-state index is 0.290. The molecule has 0 unspecified atom stereocenters. The van der Waals surface area contributed by atoms with E-state index in [2.05, 4.69) is 20.6 Å². The van der Waals surface area contributed by atoms with Crippen LogP contribution in [0.4, 0.5) is 0 Å². The minimum atomic E-state index is -0.290. The third kappa shape index (κ3) is 0.352. The molecule has 1 aliphatic heterocycles. The summed E-state index contributed by atoms with van der Waals surface area (Å²) >= 11 is 0. The molecule has 4 nitrogen and oxygen atoms in total. The molecule has 0 radical (unpaired) electrons. The summed E-state index contributed by atoms with van der Waals surface area (Å²) in [6, 6.07) is 0. The van der Waals surface area contributed by atoms with Crippen molar-refractivity contribution in [3.63, 3.8) is 0 Å². The van der Waals surface area contributed by atoms with E-state index < -0.39 is 0 Å². The standard InChI is InChI=1S/H4N4Si/c1-2-4-5-3-1/h5H2,(H,1,4)(H,2,3). The first-order chi connectivity index (χ1) is 2.50. The Labute approximate surface area is 31.6 Å². The van der Waals surface area contributed by atoms with Crippen LogP contribution in [0.2, 0.25) is 0 Å². The van der Waals surface area contributed by atoms with Gasteiger partial charge < -0.3 is 10.2 Å². The van der Waals surface area contributed by atoms with E-state index in [1.54, 1.807) is 0 Å². The molecule has 0 amide bonds. The first-order valence-electron chi connectivity index (χ1n) is 1.35. The van der Waals surface area contributed by atoms with Crippen LogP contribution >= 0.6 is 0 Å². The lowest BCUT2D eigenvalue weighted by Crippen LogP contribution is -2.16. The van der Waals surface area contributed by atoms with Gasteiger partial charge in [0.2, 0.25) is 0 Å². The van der Waals surface area contributed by atoms with Gasteiger partial charge in [-0.2, -0.15) is 0 Å². The molecule has 0 aliphatic carbocycles. The Hall–Kier alpha value is -0.583. The van der Waals surface area contributed by atoms with Gasteiger partial charge in [-0.25, -0.2) is 0 Å². The summed E-state index contributed by atoms with van der Waals surface area (Å²) in [4.78, 5) is 0. The van der Waals surface area contributed by atoms with E-state index in [0.29, 0.717) is 0 Å². The highest BCUT2D eigenvalue weighted by Crippen LogP contribution is 1.63. The number of hydrogen-bond acceptors (Lipinski definition) is 4. The Morgan fingerprint density at radius 2 is 1.80 bits per heavy atom. The number of rotatable bonds is 0. The van der Waals surface area contributed by atoms with Crippen LogP contribution in [-0.4, -0.2) is 9.84 Å². The number of nitrogens with one attached hydrogen (secondary N) is 2. The average molecular weight is 88.1 g/mol. The Bertz CT molecular complexity index is 41.6. The SMILES string of the molecule is N1=NN[SiH2]N1.